The minimum Gasteiger partial charge on any atom is -0.496 e. The van der Waals surface area contributed by atoms with Crippen molar-refractivity contribution in [3.05, 3.63) is 29.6 Å². The van der Waals surface area contributed by atoms with Gasteiger partial charge in [0.1, 0.15) is 17.5 Å². The van der Waals surface area contributed by atoms with E-state index >= 15 is 0 Å². The van der Waals surface area contributed by atoms with Gasteiger partial charge in [-0.25, -0.2) is 4.39 Å². The summed E-state index contributed by atoms with van der Waals surface area (Å²) in [5.74, 6) is -3.04. The molecular formula is C13H16FNO4. The molecule has 2 atom stereocenters. The van der Waals surface area contributed by atoms with Crippen molar-refractivity contribution in [2.75, 3.05) is 7.11 Å². The third-order valence-electron chi connectivity index (χ3n) is 2.78. The maximum absolute atomic E-state index is 13.2. The third kappa shape index (κ3) is 3.67. The Bertz CT molecular complexity index is 490. The number of carboxylic acids is 1. The summed E-state index contributed by atoms with van der Waals surface area (Å²) < 4.78 is 18.3. The van der Waals surface area contributed by atoms with Crippen LogP contribution in [0.3, 0.4) is 0 Å². The topological polar surface area (TPSA) is 75.6 Å². The van der Waals surface area contributed by atoms with E-state index in [1.807, 2.05) is 0 Å². The first-order valence-corrected chi connectivity index (χ1v) is 5.73. The highest BCUT2D eigenvalue weighted by atomic mass is 19.1. The van der Waals surface area contributed by atoms with Gasteiger partial charge in [-0.05, 0) is 32.0 Å². The molecule has 2 N–H and O–H groups in total. The number of ether oxygens (including phenoxy) is 1. The standard InChI is InChI=1S/C13H16FNO4/c1-7(13(17)18)12(16)15-8(2)10-6-9(14)4-5-11(10)19-3/h4-8H,1-3H3,(H,15,16)(H,17,18). The van der Waals surface area contributed by atoms with Gasteiger partial charge >= 0.3 is 5.97 Å². The van der Waals surface area contributed by atoms with E-state index in [0.29, 0.717) is 11.3 Å². The predicted molar refractivity (Wildman–Crippen MR) is 66.3 cm³/mol. The summed E-state index contributed by atoms with van der Waals surface area (Å²) in [6.45, 7) is 2.91. The second-order valence-corrected chi connectivity index (χ2v) is 4.18. The first-order chi connectivity index (χ1) is 8.86. The van der Waals surface area contributed by atoms with E-state index in [0.717, 1.165) is 0 Å². The molecule has 0 spiro atoms. The second-order valence-electron chi connectivity index (χ2n) is 4.18. The fourth-order valence-electron chi connectivity index (χ4n) is 1.57. The Balaban J connectivity index is 2.89. The number of amides is 1. The maximum Gasteiger partial charge on any atom is 0.315 e. The molecule has 2 unspecified atom stereocenters. The van der Waals surface area contributed by atoms with Gasteiger partial charge in [0.25, 0.3) is 0 Å². The van der Waals surface area contributed by atoms with E-state index in [1.54, 1.807) is 6.92 Å². The van der Waals surface area contributed by atoms with Crippen molar-refractivity contribution in [1.29, 1.82) is 0 Å². The molecule has 6 heteroatoms. The van der Waals surface area contributed by atoms with Crippen molar-refractivity contribution in [2.24, 2.45) is 5.92 Å². The normalized spacial score (nSPS) is 13.5. The lowest BCUT2D eigenvalue weighted by Gasteiger charge is -2.18. The zero-order chi connectivity index (χ0) is 14.6. The van der Waals surface area contributed by atoms with Crippen LogP contribution in [0.5, 0.6) is 5.75 Å². The molecule has 0 aromatic heterocycles. The zero-order valence-corrected chi connectivity index (χ0v) is 10.9. The molecule has 1 aromatic carbocycles. The maximum atomic E-state index is 13.2. The number of hydrogen-bond donors (Lipinski definition) is 2. The van der Waals surface area contributed by atoms with Gasteiger partial charge in [0.15, 0.2) is 0 Å². The molecule has 0 aliphatic carbocycles. The van der Waals surface area contributed by atoms with Gasteiger partial charge in [0.2, 0.25) is 5.91 Å². The van der Waals surface area contributed by atoms with E-state index in [2.05, 4.69) is 5.32 Å². The molecule has 19 heavy (non-hydrogen) atoms. The van der Waals surface area contributed by atoms with Crippen LogP contribution in [0.2, 0.25) is 0 Å². The number of carbonyl (C=O) groups is 2. The molecule has 5 nitrogen and oxygen atoms in total. The van der Waals surface area contributed by atoms with Gasteiger partial charge in [-0.3, -0.25) is 9.59 Å². The highest BCUT2D eigenvalue weighted by Crippen LogP contribution is 2.25. The molecule has 0 bridgehead atoms. The molecule has 0 aliphatic rings. The van der Waals surface area contributed by atoms with Crippen LogP contribution in [0.25, 0.3) is 0 Å². The summed E-state index contributed by atoms with van der Waals surface area (Å²) >= 11 is 0. The number of hydrogen-bond acceptors (Lipinski definition) is 3. The molecule has 0 saturated heterocycles. The zero-order valence-electron chi connectivity index (χ0n) is 10.9. The van der Waals surface area contributed by atoms with Crippen LogP contribution in [0.15, 0.2) is 18.2 Å². The first kappa shape index (κ1) is 14.9. The average Bonchev–Trinajstić information content (AvgIpc) is 2.37. The fourth-order valence-corrected chi connectivity index (χ4v) is 1.57. The van der Waals surface area contributed by atoms with E-state index < -0.39 is 29.7 Å². The summed E-state index contributed by atoms with van der Waals surface area (Å²) in [6.07, 6.45) is 0. The number of rotatable bonds is 5. The van der Waals surface area contributed by atoms with E-state index in [1.165, 1.54) is 32.2 Å². The lowest BCUT2D eigenvalue weighted by Crippen LogP contribution is -2.35. The quantitative estimate of drug-likeness (QED) is 0.798. The van der Waals surface area contributed by atoms with Gasteiger partial charge in [-0.2, -0.15) is 0 Å². The molecule has 0 saturated carbocycles. The monoisotopic (exact) mass is 269 g/mol. The van der Waals surface area contributed by atoms with Gasteiger partial charge in [0, 0.05) is 5.56 Å². The van der Waals surface area contributed by atoms with Crippen molar-refractivity contribution in [2.45, 2.75) is 19.9 Å². The molecular weight excluding hydrogens is 253 g/mol. The van der Waals surface area contributed by atoms with Crippen molar-refractivity contribution in [3.8, 4) is 5.75 Å². The summed E-state index contributed by atoms with van der Waals surface area (Å²) in [6, 6.07) is 3.39. The number of methoxy groups -OCH3 is 1. The molecule has 1 amide bonds. The van der Waals surface area contributed by atoms with E-state index in [4.69, 9.17) is 9.84 Å². The highest BCUT2D eigenvalue weighted by Gasteiger charge is 2.23. The summed E-state index contributed by atoms with van der Waals surface area (Å²) in [5.41, 5.74) is 0.452. The minimum absolute atomic E-state index is 0.428. The third-order valence-corrected chi connectivity index (χ3v) is 2.78. The SMILES string of the molecule is COc1ccc(F)cc1C(C)NC(=O)C(C)C(=O)O. The van der Waals surface area contributed by atoms with Crippen LogP contribution in [0.4, 0.5) is 4.39 Å². The van der Waals surface area contributed by atoms with E-state index in [-0.39, 0.29) is 0 Å². The number of halogens is 1. The Morgan fingerprint density at radius 3 is 2.53 bits per heavy atom. The number of carbonyl (C=O) groups excluding carboxylic acids is 1. The molecule has 0 radical (unpaired) electrons. The van der Waals surface area contributed by atoms with Gasteiger partial charge < -0.3 is 15.2 Å². The Morgan fingerprint density at radius 1 is 1.37 bits per heavy atom. The Labute approximate surface area is 110 Å². The van der Waals surface area contributed by atoms with Crippen molar-refractivity contribution >= 4 is 11.9 Å². The molecule has 0 heterocycles. The van der Waals surface area contributed by atoms with Crippen LogP contribution in [0, 0.1) is 11.7 Å². The Kier molecular flexibility index (Phi) is 4.86. The summed E-state index contributed by atoms with van der Waals surface area (Å²) in [5, 5.41) is 11.2. The molecule has 0 fully saturated rings. The lowest BCUT2D eigenvalue weighted by molar-refractivity contribution is -0.146. The van der Waals surface area contributed by atoms with Crippen molar-refractivity contribution in [3.63, 3.8) is 0 Å². The number of aliphatic carboxylic acids is 1. The summed E-state index contributed by atoms with van der Waals surface area (Å²) in [4.78, 5) is 22.3. The smallest absolute Gasteiger partial charge is 0.315 e. The molecule has 1 aromatic rings. The van der Waals surface area contributed by atoms with Crippen molar-refractivity contribution < 1.29 is 23.8 Å². The Morgan fingerprint density at radius 2 is 2.00 bits per heavy atom. The summed E-state index contributed by atoms with van der Waals surface area (Å²) in [7, 11) is 1.44. The average molecular weight is 269 g/mol. The lowest BCUT2D eigenvalue weighted by atomic mass is 10.1. The van der Waals surface area contributed by atoms with Crippen LogP contribution in [-0.2, 0) is 9.59 Å². The number of nitrogens with one attached hydrogen (secondary N) is 1. The van der Waals surface area contributed by atoms with Crippen LogP contribution >= 0.6 is 0 Å². The first-order valence-electron chi connectivity index (χ1n) is 5.73. The van der Waals surface area contributed by atoms with Crippen molar-refractivity contribution in [1.82, 2.24) is 5.32 Å². The fraction of sp³-hybridized carbons (Fsp3) is 0.385. The number of carboxylic acid groups (broad SMARTS) is 1. The van der Waals surface area contributed by atoms with Crippen LogP contribution in [0.1, 0.15) is 25.5 Å². The van der Waals surface area contributed by atoms with Crippen LogP contribution < -0.4 is 10.1 Å². The molecule has 104 valence electrons. The van der Waals surface area contributed by atoms with Gasteiger partial charge in [-0.15, -0.1) is 0 Å². The number of benzene rings is 1. The largest absolute Gasteiger partial charge is 0.496 e. The minimum atomic E-state index is -1.21. The van der Waals surface area contributed by atoms with Gasteiger partial charge in [0.05, 0.1) is 13.2 Å². The molecule has 0 aliphatic heterocycles. The van der Waals surface area contributed by atoms with Gasteiger partial charge in [-0.1, -0.05) is 0 Å². The molecule has 1 rings (SSSR count). The van der Waals surface area contributed by atoms with E-state index in [9.17, 15) is 14.0 Å². The predicted octanol–water partition coefficient (Wildman–Crippen LogP) is 1.73. The highest BCUT2D eigenvalue weighted by molar-refractivity contribution is 5.96. The second kappa shape index (κ2) is 6.17. The Hall–Kier alpha value is -2.11. The van der Waals surface area contributed by atoms with Crippen LogP contribution in [-0.4, -0.2) is 24.1 Å².